The molecule has 3 saturated heterocycles. The molecule has 11 heteroatoms. The normalized spacial score (nSPS) is 18.9. The highest BCUT2D eigenvalue weighted by Gasteiger charge is 2.52. The number of carbonyl (C=O) groups is 1. The molecule has 3 aliphatic rings. The van der Waals surface area contributed by atoms with Crippen molar-refractivity contribution in [2.45, 2.75) is 32.2 Å². The number of likely N-dealkylation sites (tertiary alicyclic amines) is 1. The molecule has 3 aliphatic heterocycles. The molecule has 2 aromatic carbocycles. The number of nitrogens with zero attached hydrogens (tertiary/aromatic N) is 6. The average Bonchev–Trinajstić information content (AvgIpc) is 3.30. The van der Waals surface area contributed by atoms with E-state index in [0.29, 0.717) is 23.6 Å². The Kier molecular flexibility index (Phi) is 6.95. The third kappa shape index (κ3) is 5.28. The summed E-state index contributed by atoms with van der Waals surface area (Å²) < 4.78 is 32.8. The van der Waals surface area contributed by atoms with Crippen LogP contribution in [0.3, 0.4) is 0 Å². The molecule has 7 rings (SSSR count). The Hall–Kier alpha value is -4.53. The molecule has 1 atom stereocenters. The van der Waals surface area contributed by atoms with Gasteiger partial charge in [-0.3, -0.25) is 4.90 Å². The molecule has 0 bridgehead atoms. The second-order valence-electron chi connectivity index (χ2n) is 11.7. The zero-order valence-electron chi connectivity index (χ0n) is 23.8. The molecule has 43 heavy (non-hydrogen) atoms. The number of carbonyl (C=O) groups excluding carboxylic acids is 1. The van der Waals surface area contributed by atoms with Crippen molar-refractivity contribution in [2.24, 2.45) is 5.41 Å². The van der Waals surface area contributed by atoms with Crippen molar-refractivity contribution in [1.82, 2.24) is 19.4 Å². The number of hydrogen-bond donors (Lipinski definition) is 0. The molecule has 0 amide bonds. The number of imidazole rings is 1. The number of benzene rings is 2. The number of rotatable bonds is 9. The molecule has 1 spiro atoms. The lowest BCUT2D eigenvalue weighted by Crippen LogP contribution is -2.72. The Morgan fingerprint density at radius 2 is 1.98 bits per heavy atom. The van der Waals surface area contributed by atoms with Gasteiger partial charge in [-0.15, -0.1) is 0 Å². The van der Waals surface area contributed by atoms with E-state index in [1.165, 1.54) is 13.2 Å². The third-order valence-corrected chi connectivity index (χ3v) is 8.55. The number of anilines is 1. The van der Waals surface area contributed by atoms with Crippen LogP contribution < -0.4 is 9.64 Å². The summed E-state index contributed by atoms with van der Waals surface area (Å²) in [6.07, 6.45) is 1.18. The van der Waals surface area contributed by atoms with Crippen molar-refractivity contribution in [3.8, 4) is 11.9 Å². The number of pyridine rings is 1. The Labute approximate surface area is 248 Å². The minimum Gasteiger partial charge on any atom is -0.473 e. The second kappa shape index (κ2) is 10.9. The Morgan fingerprint density at radius 1 is 1.14 bits per heavy atom. The molecule has 1 unspecified atom stereocenters. The molecule has 4 aromatic rings. The highest BCUT2D eigenvalue weighted by molar-refractivity contribution is 5.93. The molecule has 0 saturated carbocycles. The quantitative estimate of drug-likeness (QED) is 0.272. The fraction of sp³-hybridized carbons (Fsp3) is 0.375. The fourth-order valence-electron chi connectivity index (χ4n) is 6.26. The number of methoxy groups -OCH3 is 1. The van der Waals surface area contributed by atoms with Gasteiger partial charge in [0.1, 0.15) is 24.1 Å². The summed E-state index contributed by atoms with van der Waals surface area (Å²) in [6, 6.07) is 17.4. The van der Waals surface area contributed by atoms with E-state index in [9.17, 15) is 9.18 Å². The predicted molar refractivity (Wildman–Crippen MR) is 155 cm³/mol. The van der Waals surface area contributed by atoms with Crippen molar-refractivity contribution < 1.29 is 23.4 Å². The standard InChI is InChI=1S/C32H31FN6O4/c1-41-31(40)22-7-8-26-27(12-22)39(14-24-9-10-42-24)29(35-26)15-37-17-32(18-37)19-38(20-32)28-3-2-4-30(36-28)43-16-23-6-5-21(13-34)11-25(23)33/h2-8,11-12,24H,9-10,14-20H2,1H3. The van der Waals surface area contributed by atoms with Gasteiger partial charge in [0.05, 0.1) is 54.5 Å². The molecule has 0 N–H and O–H groups in total. The zero-order valence-corrected chi connectivity index (χ0v) is 23.8. The lowest BCUT2D eigenvalue weighted by Gasteiger charge is -2.60. The molecule has 0 aliphatic carbocycles. The van der Waals surface area contributed by atoms with Crippen LogP contribution in [-0.4, -0.2) is 71.4 Å². The zero-order chi connectivity index (χ0) is 29.6. The van der Waals surface area contributed by atoms with E-state index in [1.54, 1.807) is 24.3 Å². The van der Waals surface area contributed by atoms with E-state index < -0.39 is 5.82 Å². The third-order valence-electron chi connectivity index (χ3n) is 8.55. The Morgan fingerprint density at radius 3 is 2.70 bits per heavy atom. The Balaban J connectivity index is 0.973. The van der Waals surface area contributed by atoms with Crippen LogP contribution >= 0.6 is 0 Å². The summed E-state index contributed by atoms with van der Waals surface area (Å²) in [5.74, 6) is 1.42. The van der Waals surface area contributed by atoms with E-state index >= 15 is 0 Å². The minimum atomic E-state index is -0.465. The summed E-state index contributed by atoms with van der Waals surface area (Å²) in [6.45, 7) is 6.00. The molecule has 10 nitrogen and oxygen atoms in total. The van der Waals surface area contributed by atoms with Gasteiger partial charge in [0, 0.05) is 49.8 Å². The molecule has 2 aromatic heterocycles. The van der Waals surface area contributed by atoms with Crippen LogP contribution in [0.2, 0.25) is 0 Å². The molecule has 0 radical (unpaired) electrons. The van der Waals surface area contributed by atoms with Crippen LogP contribution in [0, 0.1) is 22.6 Å². The van der Waals surface area contributed by atoms with E-state index in [-0.39, 0.29) is 29.7 Å². The van der Waals surface area contributed by atoms with Crippen LogP contribution in [0.25, 0.3) is 11.0 Å². The summed E-state index contributed by atoms with van der Waals surface area (Å²) >= 11 is 0. The van der Waals surface area contributed by atoms with Crippen molar-refractivity contribution in [2.75, 3.05) is 44.8 Å². The fourth-order valence-corrected chi connectivity index (χ4v) is 6.26. The Bertz CT molecular complexity index is 1730. The maximum Gasteiger partial charge on any atom is 0.337 e. The molecule has 3 fully saturated rings. The summed E-state index contributed by atoms with van der Waals surface area (Å²) in [4.78, 5) is 26.4. The molecule has 220 valence electrons. The SMILES string of the molecule is COC(=O)c1ccc2nc(CN3CC4(C3)CN(c3cccc(OCc5ccc(C#N)cc5F)n3)C4)n(CC3CCO3)c2c1. The highest BCUT2D eigenvalue weighted by Crippen LogP contribution is 2.42. The van der Waals surface area contributed by atoms with Crippen LogP contribution in [0.4, 0.5) is 10.2 Å². The molecular formula is C32H31FN6O4. The van der Waals surface area contributed by atoms with Gasteiger partial charge < -0.3 is 23.7 Å². The second-order valence-corrected chi connectivity index (χ2v) is 11.7. The van der Waals surface area contributed by atoms with Crippen molar-refractivity contribution >= 4 is 22.8 Å². The van der Waals surface area contributed by atoms with Crippen LogP contribution in [0.1, 0.15) is 33.7 Å². The molecular weight excluding hydrogens is 551 g/mol. The number of ether oxygens (including phenoxy) is 3. The number of halogens is 1. The van der Waals surface area contributed by atoms with E-state index in [1.807, 2.05) is 30.3 Å². The lowest BCUT2D eigenvalue weighted by molar-refractivity contribution is -0.0604. The number of esters is 1. The van der Waals surface area contributed by atoms with Crippen molar-refractivity contribution in [3.05, 3.63) is 82.9 Å². The number of fused-ring (bicyclic) bond motifs is 1. The van der Waals surface area contributed by atoms with Gasteiger partial charge in [0.25, 0.3) is 0 Å². The van der Waals surface area contributed by atoms with Crippen LogP contribution in [0.15, 0.2) is 54.6 Å². The predicted octanol–water partition coefficient (Wildman–Crippen LogP) is 3.92. The maximum atomic E-state index is 14.2. The number of aromatic nitrogens is 3. The first-order valence-corrected chi connectivity index (χ1v) is 14.4. The van der Waals surface area contributed by atoms with Crippen LogP contribution in [-0.2, 0) is 29.2 Å². The largest absolute Gasteiger partial charge is 0.473 e. The van der Waals surface area contributed by atoms with Gasteiger partial charge in [-0.25, -0.2) is 14.2 Å². The van der Waals surface area contributed by atoms with Crippen molar-refractivity contribution in [1.29, 1.82) is 5.26 Å². The van der Waals surface area contributed by atoms with Gasteiger partial charge in [-0.1, -0.05) is 12.1 Å². The van der Waals surface area contributed by atoms with Gasteiger partial charge in [-0.05, 0) is 42.8 Å². The van der Waals surface area contributed by atoms with Gasteiger partial charge in [0.2, 0.25) is 5.88 Å². The lowest BCUT2D eigenvalue weighted by atomic mass is 9.73. The summed E-state index contributed by atoms with van der Waals surface area (Å²) in [5.41, 5.74) is 3.17. The van der Waals surface area contributed by atoms with E-state index in [0.717, 1.165) is 68.4 Å². The average molecular weight is 583 g/mol. The van der Waals surface area contributed by atoms with Gasteiger partial charge in [-0.2, -0.15) is 10.2 Å². The topological polar surface area (TPSA) is 106 Å². The van der Waals surface area contributed by atoms with Gasteiger partial charge in [0.15, 0.2) is 0 Å². The van der Waals surface area contributed by atoms with E-state index in [4.69, 9.17) is 24.5 Å². The maximum absolute atomic E-state index is 14.2. The minimum absolute atomic E-state index is 0.0362. The smallest absolute Gasteiger partial charge is 0.337 e. The van der Waals surface area contributed by atoms with Gasteiger partial charge >= 0.3 is 5.97 Å². The number of hydrogen-bond acceptors (Lipinski definition) is 9. The van der Waals surface area contributed by atoms with Crippen LogP contribution in [0.5, 0.6) is 5.88 Å². The highest BCUT2D eigenvalue weighted by atomic mass is 19.1. The number of nitriles is 1. The first-order chi connectivity index (χ1) is 20.9. The summed E-state index contributed by atoms with van der Waals surface area (Å²) in [5, 5.41) is 8.93. The van der Waals surface area contributed by atoms with E-state index in [2.05, 4.69) is 19.4 Å². The first-order valence-electron chi connectivity index (χ1n) is 14.4. The summed E-state index contributed by atoms with van der Waals surface area (Å²) in [7, 11) is 1.39. The monoisotopic (exact) mass is 582 g/mol. The molecule has 5 heterocycles. The first kappa shape index (κ1) is 27.3. The van der Waals surface area contributed by atoms with Crippen molar-refractivity contribution in [3.63, 3.8) is 0 Å².